The van der Waals surface area contributed by atoms with E-state index in [0.29, 0.717) is 5.92 Å². The summed E-state index contributed by atoms with van der Waals surface area (Å²) in [6.45, 7) is 6.35. The fourth-order valence-corrected chi connectivity index (χ4v) is 1.60. The molecule has 1 aromatic rings. The predicted octanol–water partition coefficient (Wildman–Crippen LogP) is 2.44. The molecule has 0 radical (unpaired) electrons. The molecule has 0 aliphatic heterocycles. The van der Waals surface area contributed by atoms with E-state index in [1.165, 1.54) is 5.56 Å². The van der Waals surface area contributed by atoms with Gasteiger partial charge in [0.2, 0.25) is 0 Å². The first-order valence-electron chi connectivity index (χ1n) is 5.68. The molecule has 0 aliphatic rings. The van der Waals surface area contributed by atoms with Crippen LogP contribution in [0, 0.1) is 5.92 Å². The highest BCUT2D eigenvalue weighted by Crippen LogP contribution is 2.10. The highest BCUT2D eigenvalue weighted by Gasteiger charge is 2.00. The first-order valence-corrected chi connectivity index (χ1v) is 6.09. The zero-order chi connectivity index (χ0) is 12.8. The van der Waals surface area contributed by atoms with E-state index in [4.69, 9.17) is 18.0 Å². The van der Waals surface area contributed by atoms with Gasteiger partial charge in [-0.15, -0.1) is 0 Å². The molecule has 1 aromatic carbocycles. The van der Waals surface area contributed by atoms with Crippen molar-refractivity contribution in [2.75, 3.05) is 0 Å². The summed E-state index contributed by atoms with van der Waals surface area (Å²) in [6, 6.07) is 8.40. The minimum absolute atomic E-state index is 0.181. The van der Waals surface area contributed by atoms with Crippen molar-refractivity contribution < 1.29 is 0 Å². The average molecular weight is 249 g/mol. The number of benzene rings is 1. The Balaban J connectivity index is 2.73. The van der Waals surface area contributed by atoms with Gasteiger partial charge in [0.25, 0.3) is 0 Å². The van der Waals surface area contributed by atoms with Crippen LogP contribution in [0.3, 0.4) is 0 Å². The minimum Gasteiger partial charge on any atom is -0.375 e. The number of rotatable bonds is 4. The quantitative estimate of drug-likeness (QED) is 0.489. The molecule has 0 saturated carbocycles. The summed E-state index contributed by atoms with van der Waals surface area (Å²) in [4.78, 5) is 0. The largest absolute Gasteiger partial charge is 0.375 e. The molecule has 0 amide bonds. The van der Waals surface area contributed by atoms with Gasteiger partial charge in [-0.2, -0.15) is 5.10 Å². The van der Waals surface area contributed by atoms with Crippen molar-refractivity contribution in [3.05, 3.63) is 35.4 Å². The molecule has 0 spiro atoms. The van der Waals surface area contributed by atoms with Gasteiger partial charge in [-0.05, 0) is 42.6 Å². The summed E-state index contributed by atoms with van der Waals surface area (Å²) in [5.41, 5.74) is 11.2. The van der Waals surface area contributed by atoms with E-state index < -0.39 is 0 Å². The van der Waals surface area contributed by atoms with Gasteiger partial charge >= 0.3 is 0 Å². The molecule has 3 nitrogen and oxygen atoms in total. The van der Waals surface area contributed by atoms with Crippen molar-refractivity contribution in [2.24, 2.45) is 16.8 Å². The van der Waals surface area contributed by atoms with Crippen LogP contribution >= 0.6 is 12.2 Å². The minimum atomic E-state index is 0.181. The Hall–Kier alpha value is -1.42. The predicted molar refractivity (Wildman–Crippen MR) is 77.1 cm³/mol. The van der Waals surface area contributed by atoms with E-state index in [2.05, 4.69) is 48.6 Å². The number of nitrogens with two attached hydrogens (primary N) is 1. The smallest absolute Gasteiger partial charge is 0.184 e. The third-order valence-corrected chi connectivity index (χ3v) is 2.44. The molecule has 3 N–H and O–H groups in total. The second-order valence-electron chi connectivity index (χ2n) is 4.47. The maximum Gasteiger partial charge on any atom is 0.184 e. The Morgan fingerprint density at radius 3 is 2.41 bits per heavy atom. The number of thiocarbonyl (C=S) groups is 1. The number of hydrogen-bond donors (Lipinski definition) is 2. The van der Waals surface area contributed by atoms with Crippen LogP contribution in [-0.4, -0.2) is 10.8 Å². The Morgan fingerprint density at radius 2 is 1.94 bits per heavy atom. The fourth-order valence-electron chi connectivity index (χ4n) is 1.56. The van der Waals surface area contributed by atoms with E-state index in [1.54, 1.807) is 0 Å². The van der Waals surface area contributed by atoms with Crippen molar-refractivity contribution in [2.45, 2.75) is 27.2 Å². The van der Waals surface area contributed by atoms with Crippen LogP contribution in [0.1, 0.15) is 31.9 Å². The summed E-state index contributed by atoms with van der Waals surface area (Å²) >= 11 is 4.69. The Morgan fingerprint density at radius 1 is 1.35 bits per heavy atom. The first kappa shape index (κ1) is 13.6. The normalized spacial score (nSPS) is 11.6. The fraction of sp³-hybridized carbons (Fsp3) is 0.385. The molecular weight excluding hydrogens is 230 g/mol. The van der Waals surface area contributed by atoms with Crippen LogP contribution in [0.4, 0.5) is 0 Å². The Kier molecular flexibility index (Phi) is 5.10. The Labute approximate surface area is 108 Å². The lowest BCUT2D eigenvalue weighted by Gasteiger charge is -2.06. The van der Waals surface area contributed by atoms with Crippen LogP contribution in [0.5, 0.6) is 0 Å². The van der Waals surface area contributed by atoms with Crippen LogP contribution in [0.25, 0.3) is 0 Å². The summed E-state index contributed by atoms with van der Waals surface area (Å²) in [5.74, 6) is 0.673. The summed E-state index contributed by atoms with van der Waals surface area (Å²) in [5, 5.41) is 4.27. The van der Waals surface area contributed by atoms with Crippen molar-refractivity contribution in [3.8, 4) is 0 Å². The van der Waals surface area contributed by atoms with Gasteiger partial charge in [0.05, 0.1) is 5.71 Å². The molecule has 4 heteroatoms. The van der Waals surface area contributed by atoms with Gasteiger partial charge in [-0.3, -0.25) is 5.43 Å². The van der Waals surface area contributed by atoms with E-state index in [0.717, 1.165) is 17.7 Å². The van der Waals surface area contributed by atoms with E-state index in [9.17, 15) is 0 Å². The third-order valence-electron chi connectivity index (χ3n) is 2.35. The summed E-state index contributed by atoms with van der Waals surface area (Å²) in [7, 11) is 0. The van der Waals surface area contributed by atoms with Crippen LogP contribution < -0.4 is 11.2 Å². The maximum absolute atomic E-state index is 5.31. The first-order chi connectivity index (χ1) is 7.99. The second-order valence-corrected chi connectivity index (χ2v) is 4.91. The molecule has 0 aliphatic carbocycles. The average Bonchev–Trinajstić information content (AvgIpc) is 2.26. The molecule has 0 atom stereocenters. The number of nitrogens with zero attached hydrogens (tertiary/aromatic N) is 1. The van der Waals surface area contributed by atoms with Crippen molar-refractivity contribution in [3.63, 3.8) is 0 Å². The molecular formula is C13H19N3S. The monoisotopic (exact) mass is 249 g/mol. The van der Waals surface area contributed by atoms with E-state index >= 15 is 0 Å². The van der Waals surface area contributed by atoms with Crippen molar-refractivity contribution in [1.82, 2.24) is 5.43 Å². The van der Waals surface area contributed by atoms with Gasteiger partial charge in [-0.25, -0.2) is 0 Å². The maximum atomic E-state index is 5.31. The molecule has 0 fully saturated rings. The van der Waals surface area contributed by atoms with Gasteiger partial charge in [0.1, 0.15) is 0 Å². The summed E-state index contributed by atoms with van der Waals surface area (Å²) in [6.07, 6.45) is 1.10. The number of hydrazone groups is 1. The molecule has 92 valence electrons. The van der Waals surface area contributed by atoms with E-state index in [-0.39, 0.29) is 5.11 Å². The zero-order valence-corrected chi connectivity index (χ0v) is 11.3. The molecule has 0 unspecified atom stereocenters. The molecule has 0 bridgehead atoms. The van der Waals surface area contributed by atoms with Gasteiger partial charge in [-0.1, -0.05) is 38.1 Å². The lowest BCUT2D eigenvalue weighted by molar-refractivity contribution is 0.647. The zero-order valence-electron chi connectivity index (χ0n) is 10.5. The second kappa shape index (κ2) is 6.35. The van der Waals surface area contributed by atoms with Crippen LogP contribution in [0.2, 0.25) is 0 Å². The number of nitrogens with one attached hydrogen (secondary N) is 1. The molecule has 0 saturated heterocycles. The highest BCUT2D eigenvalue weighted by molar-refractivity contribution is 7.80. The lowest BCUT2D eigenvalue weighted by Crippen LogP contribution is -2.25. The SMILES string of the molecule is C/C(=N/NC(N)=S)c1ccc(CC(C)C)cc1. The molecule has 17 heavy (non-hydrogen) atoms. The lowest BCUT2D eigenvalue weighted by atomic mass is 10.0. The van der Waals surface area contributed by atoms with Gasteiger partial charge in [0, 0.05) is 0 Å². The van der Waals surface area contributed by atoms with Gasteiger partial charge in [0.15, 0.2) is 5.11 Å². The van der Waals surface area contributed by atoms with Gasteiger partial charge < -0.3 is 5.73 Å². The third kappa shape index (κ3) is 4.95. The van der Waals surface area contributed by atoms with Crippen molar-refractivity contribution >= 4 is 23.0 Å². The Bertz CT molecular complexity index is 407. The van der Waals surface area contributed by atoms with E-state index in [1.807, 2.05) is 6.92 Å². The highest BCUT2D eigenvalue weighted by atomic mass is 32.1. The topological polar surface area (TPSA) is 50.4 Å². The standard InChI is InChI=1S/C13H19N3S/c1-9(2)8-11-4-6-12(7-5-11)10(3)15-16-13(14)17/h4-7,9H,8H2,1-3H3,(H3,14,16,17)/b15-10-. The van der Waals surface area contributed by atoms with Crippen LogP contribution in [0.15, 0.2) is 29.4 Å². The molecule has 0 aromatic heterocycles. The molecule has 1 rings (SSSR count). The summed E-state index contributed by atoms with van der Waals surface area (Å²) < 4.78 is 0. The van der Waals surface area contributed by atoms with Crippen LogP contribution in [-0.2, 0) is 6.42 Å². The number of hydrogen-bond acceptors (Lipinski definition) is 2. The molecule has 0 heterocycles. The van der Waals surface area contributed by atoms with Crippen molar-refractivity contribution in [1.29, 1.82) is 0 Å².